The van der Waals surface area contributed by atoms with Crippen LogP contribution in [0.15, 0.2) is 25.3 Å². The molecule has 0 aromatic heterocycles. The number of rotatable bonds is 15. The van der Waals surface area contributed by atoms with E-state index in [1.165, 1.54) is 0 Å². The zero-order valence-electron chi connectivity index (χ0n) is 21.6. The van der Waals surface area contributed by atoms with Crippen molar-refractivity contribution in [3.8, 4) is 0 Å². The Hall–Kier alpha value is -1.32. The van der Waals surface area contributed by atoms with Crippen LogP contribution >= 0.6 is 27.7 Å². The zero-order chi connectivity index (χ0) is 26.5. The molecular weight excluding hydrogens is 544 g/mol. The molecule has 1 N–H and O–H groups in total. The van der Waals surface area contributed by atoms with Crippen LogP contribution in [-0.4, -0.2) is 85.9 Å². The van der Waals surface area contributed by atoms with E-state index < -0.39 is 22.6 Å². The number of nitrogens with zero attached hydrogens (tertiary/aromatic N) is 2. The van der Waals surface area contributed by atoms with Crippen LogP contribution in [0, 0.1) is 11.8 Å². The maximum atomic E-state index is 14.2. The predicted octanol–water partition coefficient (Wildman–Crippen LogP) is 3.94. The smallest absolute Gasteiger partial charge is 0.310 e. The Labute approximate surface area is 228 Å². The third-order valence-corrected chi connectivity index (χ3v) is 11.0. The molecule has 7 atom stereocenters. The number of allylic oxidation sites excluding steroid dienone is 1. The monoisotopic (exact) mass is 584 g/mol. The molecular formula is C27H41BrN2O5S. The standard InChI is InChI=1S/C27H41BrN2O5S/c1-5-8-9-10-16-35-26(34)20-21-24(32)30(14-11-15-31)23(27(21)17-19(28)22(20)36-27)25(33)29(13-7-3)18(4)12-6-2/h5,7,18-23,31H,1,3,6,8-17H2,2,4H3/t18?,19?,20-,21+,22-,23?,27?/m1/s1. The van der Waals surface area contributed by atoms with Crippen molar-refractivity contribution in [3.05, 3.63) is 25.3 Å². The Balaban J connectivity index is 1.93. The molecule has 3 aliphatic rings. The second-order valence-corrected chi connectivity index (χ2v) is 12.9. The number of ether oxygens (including phenoxy) is 1. The molecule has 0 radical (unpaired) electrons. The minimum Gasteiger partial charge on any atom is -0.465 e. The molecule has 2 amide bonds. The minimum absolute atomic E-state index is 0.00504. The van der Waals surface area contributed by atoms with E-state index in [0.29, 0.717) is 26.0 Å². The molecule has 3 aliphatic heterocycles. The van der Waals surface area contributed by atoms with Crippen molar-refractivity contribution in [2.45, 2.75) is 85.7 Å². The van der Waals surface area contributed by atoms with Gasteiger partial charge in [0, 0.05) is 35.8 Å². The first-order chi connectivity index (χ1) is 17.3. The van der Waals surface area contributed by atoms with Crippen molar-refractivity contribution in [1.82, 2.24) is 9.80 Å². The van der Waals surface area contributed by atoms with E-state index in [2.05, 4.69) is 36.0 Å². The number of likely N-dealkylation sites (tertiary alicyclic amines) is 1. The van der Waals surface area contributed by atoms with Gasteiger partial charge >= 0.3 is 5.97 Å². The lowest BCUT2D eigenvalue weighted by Crippen LogP contribution is -2.57. The third kappa shape index (κ3) is 5.44. The number of fused-ring (bicyclic) bond motifs is 1. The van der Waals surface area contributed by atoms with E-state index in [1.807, 2.05) is 17.9 Å². The first kappa shape index (κ1) is 29.2. The van der Waals surface area contributed by atoms with Gasteiger partial charge in [-0.25, -0.2) is 0 Å². The van der Waals surface area contributed by atoms with Gasteiger partial charge in [-0.05, 0) is 45.4 Å². The summed E-state index contributed by atoms with van der Waals surface area (Å²) in [7, 11) is 0. The van der Waals surface area contributed by atoms with Crippen molar-refractivity contribution in [2.24, 2.45) is 11.8 Å². The van der Waals surface area contributed by atoms with Gasteiger partial charge in [0.05, 0.1) is 23.2 Å². The second kappa shape index (κ2) is 13.0. The van der Waals surface area contributed by atoms with Crippen LogP contribution in [0.4, 0.5) is 0 Å². The lowest BCUT2D eigenvalue weighted by atomic mass is 9.71. The molecule has 1 spiro atoms. The summed E-state index contributed by atoms with van der Waals surface area (Å²) in [5, 5.41) is 9.41. The number of hydrogen-bond donors (Lipinski definition) is 1. The molecule has 9 heteroatoms. The van der Waals surface area contributed by atoms with Crippen molar-refractivity contribution < 1.29 is 24.2 Å². The highest BCUT2D eigenvalue weighted by molar-refractivity contribution is 9.09. The average Bonchev–Trinajstić information content (AvgIpc) is 3.44. The van der Waals surface area contributed by atoms with Gasteiger partial charge in [-0.15, -0.1) is 24.9 Å². The summed E-state index contributed by atoms with van der Waals surface area (Å²) in [5.41, 5.74) is 0. The summed E-state index contributed by atoms with van der Waals surface area (Å²) >= 11 is 5.40. The van der Waals surface area contributed by atoms with Gasteiger partial charge in [0.15, 0.2) is 0 Å². The van der Waals surface area contributed by atoms with Crippen LogP contribution in [0.5, 0.6) is 0 Å². The SMILES string of the molecule is C=CCCCCOC(=O)[C@H]1[C@@H]2SC3(CC2Br)C(C(=O)N(CC=C)C(C)CCC)N(CCCO)C(=O)[C@H]13. The predicted molar refractivity (Wildman–Crippen MR) is 147 cm³/mol. The van der Waals surface area contributed by atoms with Crippen molar-refractivity contribution in [1.29, 1.82) is 0 Å². The summed E-state index contributed by atoms with van der Waals surface area (Å²) in [6, 6.07) is -0.674. The Morgan fingerprint density at radius 3 is 2.72 bits per heavy atom. The molecule has 36 heavy (non-hydrogen) atoms. The molecule has 3 fully saturated rings. The summed E-state index contributed by atoms with van der Waals surface area (Å²) in [5.74, 6) is -1.77. The molecule has 3 rings (SSSR count). The Morgan fingerprint density at radius 1 is 1.33 bits per heavy atom. The van der Waals surface area contributed by atoms with Gasteiger partial charge in [-0.1, -0.05) is 41.4 Å². The number of esters is 1. The highest BCUT2D eigenvalue weighted by atomic mass is 79.9. The molecule has 202 valence electrons. The van der Waals surface area contributed by atoms with Gasteiger partial charge in [-0.3, -0.25) is 14.4 Å². The number of alkyl halides is 1. The number of halogens is 1. The fraction of sp³-hybridized carbons (Fsp3) is 0.741. The normalized spacial score (nSPS) is 31.3. The average molecular weight is 586 g/mol. The third-order valence-electron chi connectivity index (χ3n) is 7.75. The van der Waals surface area contributed by atoms with E-state index in [4.69, 9.17) is 4.74 Å². The Bertz CT molecular complexity index is 841. The maximum Gasteiger partial charge on any atom is 0.310 e. The lowest BCUT2D eigenvalue weighted by Gasteiger charge is -2.39. The fourth-order valence-electron chi connectivity index (χ4n) is 6.18. The number of aliphatic hydroxyl groups is 1. The molecule has 3 heterocycles. The van der Waals surface area contributed by atoms with Crippen LogP contribution in [0.1, 0.15) is 58.8 Å². The molecule has 4 unspecified atom stereocenters. The number of unbranched alkanes of at least 4 members (excludes halogenated alkanes) is 2. The van der Waals surface area contributed by atoms with Gasteiger partial charge in [0.25, 0.3) is 0 Å². The van der Waals surface area contributed by atoms with Gasteiger partial charge < -0.3 is 19.6 Å². The van der Waals surface area contributed by atoms with E-state index in [-0.39, 0.29) is 47.1 Å². The van der Waals surface area contributed by atoms with E-state index >= 15 is 0 Å². The van der Waals surface area contributed by atoms with Crippen LogP contribution < -0.4 is 0 Å². The fourth-order valence-corrected chi connectivity index (χ4v) is 9.77. The summed E-state index contributed by atoms with van der Waals surface area (Å²) in [6.07, 6.45) is 8.90. The maximum absolute atomic E-state index is 14.2. The number of hydrogen-bond acceptors (Lipinski definition) is 6. The first-order valence-electron chi connectivity index (χ1n) is 13.2. The Kier molecular flexibility index (Phi) is 10.5. The summed E-state index contributed by atoms with van der Waals surface area (Å²) in [6.45, 7) is 12.6. The second-order valence-electron chi connectivity index (χ2n) is 10.1. The topological polar surface area (TPSA) is 87.2 Å². The minimum atomic E-state index is -0.694. The van der Waals surface area contributed by atoms with E-state index in [9.17, 15) is 19.5 Å². The van der Waals surface area contributed by atoms with E-state index in [0.717, 1.165) is 32.1 Å². The lowest BCUT2D eigenvalue weighted by molar-refractivity contribution is -0.154. The Morgan fingerprint density at radius 2 is 2.08 bits per heavy atom. The van der Waals surface area contributed by atoms with Crippen LogP contribution in [0.25, 0.3) is 0 Å². The molecule has 0 saturated carbocycles. The molecule has 7 nitrogen and oxygen atoms in total. The van der Waals surface area contributed by atoms with Crippen LogP contribution in [0.2, 0.25) is 0 Å². The van der Waals surface area contributed by atoms with E-state index in [1.54, 1.807) is 22.7 Å². The van der Waals surface area contributed by atoms with Gasteiger partial charge in [-0.2, -0.15) is 0 Å². The number of thioether (sulfide) groups is 1. The van der Waals surface area contributed by atoms with Gasteiger partial charge in [0.1, 0.15) is 6.04 Å². The summed E-state index contributed by atoms with van der Waals surface area (Å²) in [4.78, 5) is 45.0. The number of amides is 2. The van der Waals surface area contributed by atoms with Crippen LogP contribution in [0.3, 0.4) is 0 Å². The highest BCUT2D eigenvalue weighted by Gasteiger charge is 2.76. The summed E-state index contributed by atoms with van der Waals surface area (Å²) < 4.78 is 4.97. The number of carbonyl (C=O) groups excluding carboxylic acids is 3. The largest absolute Gasteiger partial charge is 0.465 e. The van der Waals surface area contributed by atoms with Crippen molar-refractivity contribution in [2.75, 3.05) is 26.3 Å². The molecule has 2 bridgehead atoms. The first-order valence-corrected chi connectivity index (χ1v) is 15.0. The molecule has 0 aromatic rings. The van der Waals surface area contributed by atoms with Gasteiger partial charge in [0.2, 0.25) is 11.8 Å². The quantitative estimate of drug-likeness (QED) is 0.136. The van der Waals surface area contributed by atoms with Crippen molar-refractivity contribution >= 4 is 45.5 Å². The highest BCUT2D eigenvalue weighted by Crippen LogP contribution is 2.68. The number of carbonyl (C=O) groups is 3. The van der Waals surface area contributed by atoms with Crippen LogP contribution in [-0.2, 0) is 19.1 Å². The zero-order valence-corrected chi connectivity index (χ0v) is 24.0. The molecule has 0 aliphatic carbocycles. The number of aliphatic hydroxyl groups excluding tert-OH is 1. The van der Waals surface area contributed by atoms with Crippen molar-refractivity contribution in [3.63, 3.8) is 0 Å². The molecule has 0 aromatic carbocycles. The molecule has 3 saturated heterocycles.